The number of ether oxygens (including phenoxy) is 1. The number of hydrogen-bond donors (Lipinski definition) is 2. The fourth-order valence-corrected chi connectivity index (χ4v) is 3.53. The molecule has 0 aliphatic rings. The second kappa shape index (κ2) is 11.6. The van der Waals surface area contributed by atoms with Crippen molar-refractivity contribution < 1.29 is 32.6 Å². The van der Waals surface area contributed by atoms with E-state index < -0.39 is 17.7 Å². The number of hydrogen-bond acceptors (Lipinski definition) is 3. The van der Waals surface area contributed by atoms with Crippen LogP contribution in [0, 0.1) is 0 Å². The quantitative estimate of drug-likeness (QED) is 0.361. The molecular weight excluding hydrogens is 459 g/mol. The molecule has 184 valence electrons. The van der Waals surface area contributed by atoms with Crippen LogP contribution in [0.3, 0.4) is 0 Å². The number of carboxylic acids is 1. The summed E-state index contributed by atoms with van der Waals surface area (Å²) in [5.41, 5.74) is 2.33. The van der Waals surface area contributed by atoms with Crippen LogP contribution in [0.4, 0.5) is 13.2 Å². The highest BCUT2D eigenvalue weighted by atomic mass is 19.4. The van der Waals surface area contributed by atoms with Crippen LogP contribution in [0.1, 0.15) is 47.2 Å². The molecule has 0 aromatic heterocycles. The predicted molar refractivity (Wildman–Crippen MR) is 126 cm³/mol. The van der Waals surface area contributed by atoms with E-state index in [0.29, 0.717) is 23.5 Å². The number of rotatable bonds is 10. The van der Waals surface area contributed by atoms with Crippen LogP contribution < -0.4 is 10.1 Å². The van der Waals surface area contributed by atoms with E-state index in [2.05, 4.69) is 5.32 Å². The lowest BCUT2D eigenvalue weighted by atomic mass is 9.94. The molecule has 0 aliphatic carbocycles. The molecule has 1 amide bonds. The normalized spacial score (nSPS) is 12.1. The van der Waals surface area contributed by atoms with Gasteiger partial charge in [-0.3, -0.25) is 9.59 Å². The largest absolute Gasteiger partial charge is 0.493 e. The minimum Gasteiger partial charge on any atom is -0.493 e. The monoisotopic (exact) mass is 485 g/mol. The molecule has 0 unspecified atom stereocenters. The first-order valence-electron chi connectivity index (χ1n) is 11.2. The topological polar surface area (TPSA) is 75.6 Å². The van der Waals surface area contributed by atoms with Gasteiger partial charge in [-0.1, -0.05) is 43.3 Å². The maximum atomic E-state index is 12.8. The number of carbonyl (C=O) groups excluding carboxylic acids is 1. The lowest BCUT2D eigenvalue weighted by Gasteiger charge is -2.17. The lowest BCUT2D eigenvalue weighted by Crippen LogP contribution is -2.25. The highest BCUT2D eigenvalue weighted by Gasteiger charge is 2.29. The summed E-state index contributed by atoms with van der Waals surface area (Å²) in [5, 5.41) is 11.2. The van der Waals surface area contributed by atoms with Gasteiger partial charge in [-0.05, 0) is 59.5 Å². The smallest absolute Gasteiger partial charge is 0.416 e. The minimum atomic E-state index is -4.36. The van der Waals surface area contributed by atoms with Gasteiger partial charge in [0.2, 0.25) is 0 Å². The van der Waals surface area contributed by atoms with Crippen LogP contribution in [-0.4, -0.2) is 30.1 Å². The average molecular weight is 486 g/mol. The Bertz CT molecular complexity index is 1130. The van der Waals surface area contributed by atoms with E-state index in [4.69, 9.17) is 9.84 Å². The van der Waals surface area contributed by atoms with Crippen LogP contribution in [-0.2, 0) is 11.0 Å². The molecule has 0 spiro atoms. The maximum Gasteiger partial charge on any atom is 0.416 e. The van der Waals surface area contributed by atoms with Crippen LogP contribution in [0.25, 0.3) is 11.1 Å². The Morgan fingerprint density at radius 3 is 2.00 bits per heavy atom. The Hall–Kier alpha value is -3.81. The molecule has 3 rings (SSSR count). The Balaban J connectivity index is 1.57. The fourth-order valence-electron chi connectivity index (χ4n) is 3.53. The van der Waals surface area contributed by atoms with Crippen molar-refractivity contribution in [3.05, 3.63) is 89.5 Å². The van der Waals surface area contributed by atoms with E-state index in [-0.39, 0.29) is 24.8 Å². The minimum absolute atomic E-state index is 0.0578. The first-order chi connectivity index (χ1) is 16.7. The van der Waals surface area contributed by atoms with Crippen molar-refractivity contribution in [3.8, 4) is 16.9 Å². The zero-order valence-electron chi connectivity index (χ0n) is 19.1. The van der Waals surface area contributed by atoms with E-state index in [9.17, 15) is 22.8 Å². The highest BCUT2D eigenvalue weighted by Crippen LogP contribution is 2.31. The van der Waals surface area contributed by atoms with E-state index in [1.807, 2.05) is 31.2 Å². The van der Waals surface area contributed by atoms with Gasteiger partial charge in [-0.15, -0.1) is 0 Å². The Morgan fingerprint density at radius 2 is 1.49 bits per heavy atom. The van der Waals surface area contributed by atoms with Crippen molar-refractivity contribution in [2.45, 2.75) is 31.9 Å². The molecule has 8 heteroatoms. The molecule has 0 fully saturated rings. The number of benzene rings is 3. The first-order valence-corrected chi connectivity index (χ1v) is 11.2. The number of halogens is 3. The zero-order valence-corrected chi connectivity index (χ0v) is 19.1. The van der Waals surface area contributed by atoms with Crippen molar-refractivity contribution in [3.63, 3.8) is 0 Å². The third-order valence-corrected chi connectivity index (χ3v) is 5.61. The number of aliphatic carboxylic acids is 1. The van der Waals surface area contributed by atoms with Crippen LogP contribution in [0.2, 0.25) is 0 Å². The van der Waals surface area contributed by atoms with Gasteiger partial charge in [0.15, 0.2) is 0 Å². The predicted octanol–water partition coefficient (Wildman–Crippen LogP) is 6.15. The van der Waals surface area contributed by atoms with Gasteiger partial charge < -0.3 is 15.2 Å². The van der Waals surface area contributed by atoms with Crippen molar-refractivity contribution in [1.29, 1.82) is 0 Å². The molecule has 3 aromatic rings. The van der Waals surface area contributed by atoms with Gasteiger partial charge in [0.25, 0.3) is 5.91 Å². The summed E-state index contributed by atoms with van der Waals surface area (Å²) in [4.78, 5) is 22.6. The van der Waals surface area contributed by atoms with E-state index in [1.165, 1.54) is 12.1 Å². The van der Waals surface area contributed by atoms with Crippen LogP contribution in [0.15, 0.2) is 72.8 Å². The van der Waals surface area contributed by atoms with E-state index in [0.717, 1.165) is 29.7 Å². The molecule has 0 saturated carbocycles. The molecule has 3 aromatic carbocycles. The molecule has 1 atom stereocenters. The van der Waals surface area contributed by atoms with Gasteiger partial charge in [0.1, 0.15) is 5.75 Å². The Kier molecular flexibility index (Phi) is 8.52. The SMILES string of the molecule is CC[C@@H](COc1ccc(C(=O)NCCC(=O)O)cc1)c1ccc(-c2ccc(C(F)(F)F)cc2)cc1. The van der Waals surface area contributed by atoms with Crippen molar-refractivity contribution in [1.82, 2.24) is 5.32 Å². The second-order valence-electron chi connectivity index (χ2n) is 8.04. The van der Waals surface area contributed by atoms with Gasteiger partial charge in [0, 0.05) is 18.0 Å². The maximum absolute atomic E-state index is 12.8. The molecule has 5 nitrogen and oxygen atoms in total. The second-order valence-corrected chi connectivity index (χ2v) is 8.04. The van der Waals surface area contributed by atoms with Gasteiger partial charge in [-0.2, -0.15) is 13.2 Å². The average Bonchev–Trinajstić information content (AvgIpc) is 2.84. The molecule has 0 heterocycles. The molecule has 0 aliphatic heterocycles. The third-order valence-electron chi connectivity index (χ3n) is 5.61. The highest BCUT2D eigenvalue weighted by molar-refractivity contribution is 5.94. The summed E-state index contributed by atoms with van der Waals surface area (Å²) < 4.78 is 44.2. The Labute approximate surface area is 201 Å². The van der Waals surface area contributed by atoms with Crippen molar-refractivity contribution in [2.75, 3.05) is 13.2 Å². The van der Waals surface area contributed by atoms with Gasteiger partial charge in [-0.25, -0.2) is 0 Å². The van der Waals surface area contributed by atoms with Gasteiger partial charge in [0.05, 0.1) is 18.6 Å². The molecule has 0 saturated heterocycles. The standard InChI is InChI=1S/C27H26F3NO4/c1-2-18(17-35-24-13-9-22(10-14-24)26(34)31-16-15-25(32)33)19-3-5-20(6-4-19)21-7-11-23(12-8-21)27(28,29)30/h3-14,18H,2,15-17H2,1H3,(H,31,34)(H,32,33)/t18-/m0/s1. The summed E-state index contributed by atoms with van der Waals surface area (Å²) in [6.07, 6.45) is -3.67. The third kappa shape index (κ3) is 7.34. The van der Waals surface area contributed by atoms with E-state index >= 15 is 0 Å². The summed E-state index contributed by atoms with van der Waals surface area (Å²) in [6.45, 7) is 2.52. The summed E-state index contributed by atoms with van der Waals surface area (Å²) >= 11 is 0. The fraction of sp³-hybridized carbons (Fsp3) is 0.259. The molecule has 35 heavy (non-hydrogen) atoms. The van der Waals surface area contributed by atoms with Crippen LogP contribution >= 0.6 is 0 Å². The zero-order chi connectivity index (χ0) is 25.4. The van der Waals surface area contributed by atoms with E-state index in [1.54, 1.807) is 24.3 Å². The van der Waals surface area contributed by atoms with Gasteiger partial charge >= 0.3 is 12.1 Å². The number of amides is 1. The first kappa shape index (κ1) is 25.8. The number of nitrogens with one attached hydrogen (secondary N) is 1. The summed E-state index contributed by atoms with van der Waals surface area (Å²) in [7, 11) is 0. The summed E-state index contributed by atoms with van der Waals surface area (Å²) in [5.74, 6) is -0.617. The molecular formula is C27H26F3NO4. The molecule has 0 bridgehead atoms. The lowest BCUT2D eigenvalue weighted by molar-refractivity contribution is -0.138. The molecule has 0 radical (unpaired) electrons. The van der Waals surface area contributed by atoms with Crippen molar-refractivity contribution in [2.24, 2.45) is 0 Å². The summed E-state index contributed by atoms with van der Waals surface area (Å²) in [6, 6.07) is 19.4. The number of carboxylic acid groups (broad SMARTS) is 1. The van der Waals surface area contributed by atoms with Crippen LogP contribution in [0.5, 0.6) is 5.75 Å². The van der Waals surface area contributed by atoms with Crippen molar-refractivity contribution >= 4 is 11.9 Å². The Morgan fingerprint density at radius 1 is 0.914 bits per heavy atom. The molecule has 2 N–H and O–H groups in total. The number of carbonyl (C=O) groups is 2. The number of alkyl halides is 3.